The molecule has 0 aliphatic heterocycles. The molecule has 0 bridgehead atoms. The zero-order valence-electron chi connectivity index (χ0n) is 20.2. The van der Waals surface area contributed by atoms with Crippen LogP contribution in [0.25, 0.3) is 0 Å². The third kappa shape index (κ3) is 5.82. The van der Waals surface area contributed by atoms with Gasteiger partial charge in [0, 0.05) is 5.25 Å². The molecule has 6 unspecified atom stereocenters. The second-order valence-electron chi connectivity index (χ2n) is 11.8. The summed E-state index contributed by atoms with van der Waals surface area (Å²) in [5.74, 6) is 7.43. The van der Waals surface area contributed by atoms with Crippen molar-refractivity contribution in [1.29, 1.82) is 0 Å². The van der Waals surface area contributed by atoms with Crippen molar-refractivity contribution in [2.75, 3.05) is 12.9 Å². The topological polar surface area (TPSA) is 0 Å². The molecule has 0 aromatic heterocycles. The molecule has 174 valence electrons. The van der Waals surface area contributed by atoms with Gasteiger partial charge in [-0.05, 0) is 156 Å². The molecule has 0 radical (unpaired) electrons. The molecule has 4 aliphatic rings. The highest BCUT2D eigenvalue weighted by Gasteiger charge is 2.39. The molecule has 4 aliphatic carbocycles. The van der Waals surface area contributed by atoms with Crippen LogP contribution in [0.3, 0.4) is 0 Å². The highest BCUT2D eigenvalue weighted by Crippen LogP contribution is 2.50. The fourth-order valence-corrected chi connectivity index (χ4v) is 11.1. The lowest BCUT2D eigenvalue weighted by atomic mass is 9.63. The van der Waals surface area contributed by atoms with E-state index >= 15 is 0 Å². The van der Waals surface area contributed by atoms with Gasteiger partial charge in [-0.3, -0.25) is 0 Å². The first kappa shape index (κ1) is 24.3. The summed E-state index contributed by atoms with van der Waals surface area (Å²) in [4.78, 5) is 0. The Morgan fingerprint density at radius 1 is 0.633 bits per heavy atom. The summed E-state index contributed by atoms with van der Waals surface area (Å²) in [5, 5.41) is 0.981. The average molecular weight is 469 g/mol. The van der Waals surface area contributed by atoms with Gasteiger partial charge >= 0.3 is 0 Å². The van der Waals surface area contributed by atoms with Crippen molar-refractivity contribution in [1.82, 2.24) is 0 Å². The van der Waals surface area contributed by atoms with Crippen LogP contribution >= 0.6 is 29.6 Å². The van der Waals surface area contributed by atoms with E-state index in [0.717, 1.165) is 66.6 Å². The standard InChI is InChI=1S/C27H50P2S/c1-18-26(28)16-24(17-27(18)29-2)23-10-8-20(9-11-23)19-4-6-21(7-5-19)22-12-14-25(30-3)15-13-22/h18-27,29H,4-17,28H2,1-3H3. The van der Waals surface area contributed by atoms with Gasteiger partial charge in [-0.25, -0.2) is 0 Å². The second kappa shape index (κ2) is 11.6. The van der Waals surface area contributed by atoms with Crippen molar-refractivity contribution < 1.29 is 0 Å². The molecule has 0 N–H and O–H groups in total. The highest BCUT2D eigenvalue weighted by molar-refractivity contribution is 7.99. The Bertz CT molecular complexity index is 501. The third-order valence-corrected chi connectivity index (χ3v) is 14.0. The monoisotopic (exact) mass is 468 g/mol. The smallest absolute Gasteiger partial charge is 0.00444 e. The number of thioether (sulfide) groups is 1. The molecule has 0 aromatic carbocycles. The van der Waals surface area contributed by atoms with Crippen molar-refractivity contribution in [3.8, 4) is 0 Å². The maximum absolute atomic E-state index is 3.23. The van der Waals surface area contributed by atoms with E-state index in [1.165, 1.54) is 19.3 Å². The van der Waals surface area contributed by atoms with E-state index in [1.54, 1.807) is 70.6 Å². The van der Waals surface area contributed by atoms with E-state index in [9.17, 15) is 0 Å². The van der Waals surface area contributed by atoms with E-state index in [4.69, 9.17) is 0 Å². The number of hydrogen-bond acceptors (Lipinski definition) is 1. The molecule has 3 heteroatoms. The Hall–Kier alpha value is 1.21. The summed E-state index contributed by atoms with van der Waals surface area (Å²) in [6.45, 7) is 4.99. The van der Waals surface area contributed by atoms with Crippen LogP contribution in [0, 0.1) is 41.4 Å². The predicted molar refractivity (Wildman–Crippen MR) is 144 cm³/mol. The summed E-state index contributed by atoms with van der Waals surface area (Å²) < 4.78 is 0. The summed E-state index contributed by atoms with van der Waals surface area (Å²) in [5.41, 5.74) is 1.91. The largest absolute Gasteiger partial charge is 0.162 e. The lowest BCUT2D eigenvalue weighted by Gasteiger charge is -2.45. The highest BCUT2D eigenvalue weighted by atomic mass is 32.2. The number of rotatable bonds is 5. The molecule has 0 nitrogen and oxygen atoms in total. The molecule has 0 aromatic rings. The van der Waals surface area contributed by atoms with Crippen molar-refractivity contribution in [2.45, 2.75) is 113 Å². The van der Waals surface area contributed by atoms with Crippen molar-refractivity contribution >= 4 is 29.6 Å². The first-order valence-corrected chi connectivity index (χ1v) is 17.1. The van der Waals surface area contributed by atoms with Gasteiger partial charge in [0.15, 0.2) is 0 Å². The first-order chi connectivity index (χ1) is 14.6. The van der Waals surface area contributed by atoms with Gasteiger partial charge in [-0.1, -0.05) is 6.92 Å². The van der Waals surface area contributed by atoms with Crippen LogP contribution in [0.4, 0.5) is 0 Å². The minimum Gasteiger partial charge on any atom is -0.162 e. The fraction of sp³-hybridized carbons (Fsp3) is 1.00. The summed E-state index contributed by atoms with van der Waals surface area (Å²) >= 11 is 2.12. The zero-order chi connectivity index (χ0) is 21.1. The summed E-state index contributed by atoms with van der Waals surface area (Å²) in [7, 11) is 4.38. The molecule has 4 rings (SSSR count). The quantitative estimate of drug-likeness (QED) is 0.365. The zero-order valence-corrected chi connectivity index (χ0v) is 23.1. The Morgan fingerprint density at radius 3 is 1.43 bits per heavy atom. The van der Waals surface area contributed by atoms with Gasteiger partial charge in [0.2, 0.25) is 0 Å². The lowest BCUT2D eigenvalue weighted by molar-refractivity contribution is 0.0929. The first-order valence-electron chi connectivity index (χ1n) is 13.5. The Kier molecular flexibility index (Phi) is 9.38. The van der Waals surface area contributed by atoms with Crippen molar-refractivity contribution in [2.24, 2.45) is 41.4 Å². The van der Waals surface area contributed by atoms with Crippen LogP contribution in [0.1, 0.15) is 96.8 Å². The van der Waals surface area contributed by atoms with Crippen LogP contribution in [-0.2, 0) is 0 Å². The molecule has 0 amide bonds. The van der Waals surface area contributed by atoms with Crippen LogP contribution in [0.15, 0.2) is 0 Å². The molecule has 30 heavy (non-hydrogen) atoms. The van der Waals surface area contributed by atoms with Crippen LogP contribution in [0.5, 0.6) is 0 Å². The SMILES string of the molecule is CPC1CC(C2CCC(C3CCC(C4CCC(SC)CC4)CC3)CC2)CC(P)C1C. The van der Waals surface area contributed by atoms with Gasteiger partial charge in [0.05, 0.1) is 0 Å². The van der Waals surface area contributed by atoms with Gasteiger partial charge in [0.1, 0.15) is 0 Å². The lowest BCUT2D eigenvalue weighted by Crippen LogP contribution is -2.37. The van der Waals surface area contributed by atoms with E-state index in [1.807, 2.05) is 0 Å². The van der Waals surface area contributed by atoms with Crippen molar-refractivity contribution in [3.63, 3.8) is 0 Å². The van der Waals surface area contributed by atoms with Gasteiger partial charge in [-0.2, -0.15) is 11.8 Å². The van der Waals surface area contributed by atoms with Crippen LogP contribution < -0.4 is 0 Å². The summed E-state index contributed by atoms with van der Waals surface area (Å²) in [6.07, 6.45) is 24.1. The third-order valence-electron chi connectivity index (χ3n) is 10.5. The number of hydrogen-bond donors (Lipinski definition) is 0. The predicted octanol–water partition coefficient (Wildman–Crippen LogP) is 8.49. The second-order valence-corrected chi connectivity index (χ2v) is 15.1. The molecule has 6 atom stereocenters. The molecular formula is C27H50P2S. The maximum atomic E-state index is 3.23. The van der Waals surface area contributed by atoms with E-state index in [-0.39, 0.29) is 0 Å². The van der Waals surface area contributed by atoms with Gasteiger partial charge < -0.3 is 0 Å². The Morgan fingerprint density at radius 2 is 1.03 bits per heavy atom. The Balaban J connectivity index is 1.19. The normalized spacial score (nSPS) is 48.8. The maximum Gasteiger partial charge on any atom is 0.00444 e. The molecule has 0 saturated heterocycles. The van der Waals surface area contributed by atoms with Crippen molar-refractivity contribution in [3.05, 3.63) is 0 Å². The Labute approximate surface area is 197 Å². The van der Waals surface area contributed by atoms with E-state index in [0.29, 0.717) is 0 Å². The minimum atomic E-state index is 0.889. The molecular weight excluding hydrogens is 418 g/mol. The van der Waals surface area contributed by atoms with Gasteiger partial charge in [-0.15, -0.1) is 17.8 Å². The molecule has 0 heterocycles. The fourth-order valence-electron chi connectivity index (χ4n) is 8.24. The molecule has 4 fully saturated rings. The van der Waals surface area contributed by atoms with E-state index < -0.39 is 0 Å². The summed E-state index contributed by atoms with van der Waals surface area (Å²) in [6, 6.07) is 0. The molecule has 4 saturated carbocycles. The van der Waals surface area contributed by atoms with E-state index in [2.05, 4.69) is 40.8 Å². The molecule has 0 spiro atoms. The van der Waals surface area contributed by atoms with Gasteiger partial charge in [0.25, 0.3) is 0 Å². The minimum absolute atomic E-state index is 0.889. The van der Waals surface area contributed by atoms with Crippen LogP contribution in [0.2, 0.25) is 0 Å². The van der Waals surface area contributed by atoms with Crippen LogP contribution in [-0.4, -0.2) is 29.5 Å². The average Bonchev–Trinajstić information content (AvgIpc) is 2.81.